The molecule has 2 nitrogen and oxygen atoms in total. The van der Waals surface area contributed by atoms with Gasteiger partial charge in [0.25, 0.3) is 0 Å². The number of hydrogen-bond donors (Lipinski definition) is 0. The van der Waals surface area contributed by atoms with Crippen molar-refractivity contribution < 1.29 is 0 Å². The second-order valence-corrected chi connectivity index (χ2v) is 12.3. The zero-order chi connectivity index (χ0) is 26.2. The second kappa shape index (κ2) is 18.2. The smallest absolute Gasteiger partial charge is 0.00382 e. The van der Waals surface area contributed by atoms with Crippen LogP contribution in [0, 0.1) is 28.6 Å². The van der Waals surface area contributed by atoms with Gasteiger partial charge in [-0.25, -0.2) is 0 Å². The van der Waals surface area contributed by atoms with E-state index in [9.17, 15) is 0 Å². The minimum Gasteiger partial charge on any atom is -0.306 e. The molecule has 1 saturated carbocycles. The highest BCUT2D eigenvalue weighted by Crippen LogP contribution is 2.51. The van der Waals surface area contributed by atoms with E-state index in [1.54, 1.807) is 0 Å². The molecule has 2 aliphatic heterocycles. The Hall–Kier alpha value is -0.0800. The van der Waals surface area contributed by atoms with Crippen LogP contribution in [0.25, 0.3) is 0 Å². The largest absolute Gasteiger partial charge is 0.306 e. The van der Waals surface area contributed by atoms with E-state index in [0.717, 1.165) is 23.2 Å². The first kappa shape index (κ1) is 33.9. The maximum absolute atomic E-state index is 2.77. The minimum atomic E-state index is 0.685. The van der Waals surface area contributed by atoms with Gasteiger partial charge < -0.3 is 9.80 Å². The maximum Gasteiger partial charge on any atom is 0.00382 e. The Labute approximate surface area is 218 Å². The van der Waals surface area contributed by atoms with Crippen molar-refractivity contribution in [3.63, 3.8) is 0 Å². The highest BCUT2D eigenvalue weighted by molar-refractivity contribution is 4.97. The SMILES string of the molecule is CC.CCC.CCC(C)C1CCN(CC2(CC(C)C)CC2)C1.CCC1(CC)CCCN(C)CC1. The van der Waals surface area contributed by atoms with Crippen LogP contribution in [-0.2, 0) is 0 Å². The fourth-order valence-electron chi connectivity index (χ4n) is 6.09. The van der Waals surface area contributed by atoms with Gasteiger partial charge in [-0.15, -0.1) is 0 Å². The Morgan fingerprint density at radius 1 is 0.794 bits per heavy atom. The van der Waals surface area contributed by atoms with E-state index < -0.39 is 0 Å². The summed E-state index contributed by atoms with van der Waals surface area (Å²) in [4.78, 5) is 5.25. The summed E-state index contributed by atoms with van der Waals surface area (Å²) in [7, 11) is 2.25. The summed E-state index contributed by atoms with van der Waals surface area (Å²) in [5.41, 5.74) is 1.42. The topological polar surface area (TPSA) is 6.48 Å². The number of rotatable bonds is 8. The van der Waals surface area contributed by atoms with Crippen LogP contribution in [0.4, 0.5) is 0 Å². The van der Waals surface area contributed by atoms with Gasteiger partial charge in [-0.1, -0.05) is 94.9 Å². The van der Waals surface area contributed by atoms with Gasteiger partial charge in [0.15, 0.2) is 0 Å². The van der Waals surface area contributed by atoms with E-state index in [2.05, 4.69) is 72.2 Å². The van der Waals surface area contributed by atoms with Gasteiger partial charge in [-0.05, 0) is 100 Å². The van der Waals surface area contributed by atoms with Gasteiger partial charge >= 0.3 is 0 Å². The Bertz CT molecular complexity index is 464. The molecule has 2 unspecified atom stereocenters. The summed E-state index contributed by atoms with van der Waals surface area (Å²) in [5, 5.41) is 0. The molecule has 0 spiro atoms. The van der Waals surface area contributed by atoms with Crippen molar-refractivity contribution >= 4 is 0 Å². The molecule has 0 radical (unpaired) electrons. The summed E-state index contributed by atoms with van der Waals surface area (Å²) >= 11 is 0. The lowest BCUT2D eigenvalue weighted by Crippen LogP contribution is -2.30. The summed E-state index contributed by atoms with van der Waals surface area (Å²) in [5.74, 6) is 2.79. The van der Waals surface area contributed by atoms with Gasteiger partial charge in [0.05, 0.1) is 0 Å². The van der Waals surface area contributed by atoms with Gasteiger partial charge in [0.1, 0.15) is 0 Å². The molecule has 0 bridgehead atoms. The van der Waals surface area contributed by atoms with E-state index in [1.807, 2.05) is 13.8 Å². The standard InChI is InChI=1S/C16H31N.C11H23N.C3H8.C2H6/c1-5-14(4)15-6-9-17(11-15)12-16(7-8-16)10-13(2)3;1-4-11(5-2)7-6-9-12(3)10-8-11;1-3-2;1-2/h13-15H,5-12H2,1-4H3;4-10H2,1-3H3;3H2,1-2H3;1-2H3. The molecule has 3 aliphatic rings. The van der Waals surface area contributed by atoms with Crippen molar-refractivity contribution in [1.82, 2.24) is 9.80 Å². The molecule has 1 aliphatic carbocycles. The maximum atomic E-state index is 2.77. The number of hydrogen-bond acceptors (Lipinski definition) is 2. The van der Waals surface area contributed by atoms with E-state index >= 15 is 0 Å². The third kappa shape index (κ3) is 12.8. The van der Waals surface area contributed by atoms with Gasteiger partial charge in [0, 0.05) is 13.1 Å². The highest BCUT2D eigenvalue weighted by Gasteiger charge is 2.44. The van der Waals surface area contributed by atoms with Crippen LogP contribution in [0.1, 0.15) is 140 Å². The average Bonchev–Trinajstić information content (AvgIpc) is 3.46. The molecule has 0 aromatic heterocycles. The fourth-order valence-corrected chi connectivity index (χ4v) is 6.09. The Morgan fingerprint density at radius 3 is 1.85 bits per heavy atom. The van der Waals surface area contributed by atoms with Gasteiger partial charge in [0.2, 0.25) is 0 Å². The van der Waals surface area contributed by atoms with E-state index in [0.29, 0.717) is 5.41 Å². The molecule has 2 saturated heterocycles. The van der Waals surface area contributed by atoms with Crippen molar-refractivity contribution in [1.29, 1.82) is 0 Å². The lowest BCUT2D eigenvalue weighted by atomic mass is 9.76. The van der Waals surface area contributed by atoms with Crippen LogP contribution in [0.3, 0.4) is 0 Å². The average molecular weight is 481 g/mol. The van der Waals surface area contributed by atoms with Crippen molar-refractivity contribution in [2.75, 3.05) is 39.8 Å². The molecule has 2 atom stereocenters. The summed E-state index contributed by atoms with van der Waals surface area (Å²) in [6, 6.07) is 0. The first-order chi connectivity index (χ1) is 16.2. The summed E-state index contributed by atoms with van der Waals surface area (Å²) in [6.45, 7) is 29.3. The molecule has 0 N–H and O–H groups in total. The Kier molecular flexibility index (Phi) is 18.2. The highest BCUT2D eigenvalue weighted by atomic mass is 15.2. The van der Waals surface area contributed by atoms with E-state index in [-0.39, 0.29) is 0 Å². The molecule has 0 amide bonds. The first-order valence-corrected chi connectivity index (χ1v) is 15.6. The molecule has 3 fully saturated rings. The van der Waals surface area contributed by atoms with Crippen LogP contribution in [-0.4, -0.2) is 49.6 Å². The van der Waals surface area contributed by atoms with Crippen LogP contribution >= 0.6 is 0 Å². The second-order valence-electron chi connectivity index (χ2n) is 12.3. The number of likely N-dealkylation sites (tertiary alicyclic amines) is 2. The molecule has 34 heavy (non-hydrogen) atoms. The Morgan fingerprint density at radius 2 is 1.38 bits per heavy atom. The molecular weight excluding hydrogens is 412 g/mol. The zero-order valence-electron chi connectivity index (χ0n) is 25.9. The predicted octanol–water partition coefficient (Wildman–Crippen LogP) is 9.53. The molecule has 3 rings (SSSR count). The number of nitrogens with zero attached hydrogens (tertiary/aromatic N) is 2. The molecule has 2 heteroatoms. The molecule has 0 aromatic rings. The lowest BCUT2D eigenvalue weighted by molar-refractivity contribution is 0.220. The van der Waals surface area contributed by atoms with Crippen molar-refractivity contribution in [2.24, 2.45) is 28.6 Å². The lowest BCUT2D eigenvalue weighted by Gasteiger charge is -2.30. The fraction of sp³-hybridized carbons (Fsp3) is 1.00. The predicted molar refractivity (Wildman–Crippen MR) is 157 cm³/mol. The van der Waals surface area contributed by atoms with E-state index in [4.69, 9.17) is 0 Å². The summed E-state index contributed by atoms with van der Waals surface area (Å²) < 4.78 is 0. The first-order valence-electron chi connectivity index (χ1n) is 15.6. The monoisotopic (exact) mass is 481 g/mol. The Balaban J connectivity index is 0.000000561. The third-order valence-electron chi connectivity index (χ3n) is 8.89. The van der Waals surface area contributed by atoms with E-state index in [1.165, 1.54) is 103 Å². The molecule has 0 aromatic carbocycles. The van der Waals surface area contributed by atoms with Crippen LogP contribution in [0.2, 0.25) is 0 Å². The summed E-state index contributed by atoms with van der Waals surface area (Å²) in [6.07, 6.45) is 15.5. The van der Waals surface area contributed by atoms with Crippen LogP contribution in [0.15, 0.2) is 0 Å². The van der Waals surface area contributed by atoms with Crippen LogP contribution in [0.5, 0.6) is 0 Å². The van der Waals surface area contributed by atoms with Gasteiger partial charge in [-0.3, -0.25) is 0 Å². The van der Waals surface area contributed by atoms with Crippen molar-refractivity contribution in [2.45, 2.75) is 140 Å². The van der Waals surface area contributed by atoms with Crippen molar-refractivity contribution in [3.8, 4) is 0 Å². The van der Waals surface area contributed by atoms with Crippen molar-refractivity contribution in [3.05, 3.63) is 0 Å². The van der Waals surface area contributed by atoms with Crippen LogP contribution < -0.4 is 0 Å². The third-order valence-corrected chi connectivity index (χ3v) is 8.89. The molecule has 206 valence electrons. The quantitative estimate of drug-likeness (QED) is 0.341. The molecular formula is C32H68N2. The minimum absolute atomic E-state index is 0.685. The molecule has 2 heterocycles. The van der Waals surface area contributed by atoms with Gasteiger partial charge in [-0.2, -0.15) is 0 Å². The normalized spacial score (nSPS) is 24.5. The zero-order valence-corrected chi connectivity index (χ0v) is 25.9.